The molecule has 1 rings (SSSR count). The third-order valence-corrected chi connectivity index (χ3v) is 2.00. The van der Waals surface area contributed by atoms with Crippen molar-refractivity contribution in [3.8, 4) is 0 Å². The molecule has 6 heteroatoms. The van der Waals surface area contributed by atoms with E-state index in [4.69, 9.17) is 16.8 Å². The number of amides is 1. The van der Waals surface area contributed by atoms with Crippen molar-refractivity contribution in [2.75, 3.05) is 0 Å². The number of carbonyl (C=O) groups is 2. The molecule has 1 heterocycles. The van der Waals surface area contributed by atoms with Gasteiger partial charge < -0.3 is 4.57 Å². The van der Waals surface area contributed by atoms with Crippen LogP contribution in [0.1, 0.15) is 16.1 Å². The number of nitrogens with zero attached hydrogens (tertiary/aromatic N) is 1. The number of nitrogens with one attached hydrogen (secondary N) is 1. The lowest BCUT2D eigenvalue weighted by Crippen LogP contribution is -2.14. The van der Waals surface area contributed by atoms with Crippen molar-refractivity contribution in [2.45, 2.75) is 0 Å². The van der Waals surface area contributed by atoms with Crippen LogP contribution >= 0.6 is 11.6 Å². The summed E-state index contributed by atoms with van der Waals surface area (Å²) in [6.07, 6.45) is 4.14. The molecular weight excluding hydrogens is 220 g/mol. The maximum atomic E-state index is 10.8. The van der Waals surface area contributed by atoms with E-state index in [1.165, 1.54) is 17.6 Å². The molecule has 0 unspecified atom stereocenters. The Kier molecular flexibility index (Phi) is 3.65. The molecule has 0 fully saturated rings. The number of hydrogen-bond acceptors (Lipinski definition) is 3. The number of aryl methyl sites for hydroxylation is 1. The molecule has 0 saturated carbocycles. The summed E-state index contributed by atoms with van der Waals surface area (Å²) >= 11 is 5.28. The largest absolute Gasteiger partial charge is 0.350 e. The summed E-state index contributed by atoms with van der Waals surface area (Å²) in [6.45, 7) is 0. The minimum absolute atomic E-state index is 0.350. The van der Waals surface area contributed by atoms with Gasteiger partial charge in [0, 0.05) is 25.0 Å². The molecule has 0 spiro atoms. The Morgan fingerprint density at radius 2 is 2.27 bits per heavy atom. The number of rotatable bonds is 3. The Labute approximate surface area is 90.9 Å². The molecule has 1 amide bonds. The predicted octanol–water partition coefficient (Wildman–Crippen LogP) is 0.923. The Bertz CT molecular complexity index is 423. The first-order valence-electron chi connectivity index (χ1n) is 4.03. The Morgan fingerprint density at radius 3 is 2.73 bits per heavy atom. The van der Waals surface area contributed by atoms with Crippen molar-refractivity contribution in [2.24, 2.45) is 7.05 Å². The zero-order chi connectivity index (χ0) is 11.4. The molecule has 0 bridgehead atoms. The summed E-state index contributed by atoms with van der Waals surface area (Å²) in [4.78, 5) is 21.5. The van der Waals surface area contributed by atoms with Gasteiger partial charge in [-0.3, -0.25) is 14.8 Å². The second kappa shape index (κ2) is 4.77. The van der Waals surface area contributed by atoms with Crippen molar-refractivity contribution in [3.63, 3.8) is 0 Å². The van der Waals surface area contributed by atoms with Crippen LogP contribution in [-0.2, 0) is 11.8 Å². The average Bonchev–Trinajstić information content (AvgIpc) is 2.56. The van der Waals surface area contributed by atoms with Gasteiger partial charge in [-0.25, -0.2) is 5.48 Å². The van der Waals surface area contributed by atoms with Gasteiger partial charge >= 0.3 is 0 Å². The van der Waals surface area contributed by atoms with Crippen molar-refractivity contribution < 1.29 is 14.8 Å². The molecule has 5 nitrogen and oxygen atoms in total. The first-order valence-corrected chi connectivity index (χ1v) is 4.40. The average molecular weight is 229 g/mol. The highest BCUT2D eigenvalue weighted by atomic mass is 35.5. The monoisotopic (exact) mass is 228 g/mol. The van der Waals surface area contributed by atoms with E-state index in [1.807, 2.05) is 0 Å². The second-order valence-corrected chi connectivity index (χ2v) is 3.19. The van der Waals surface area contributed by atoms with Crippen molar-refractivity contribution in [1.82, 2.24) is 10.0 Å². The van der Waals surface area contributed by atoms with Crippen LogP contribution in [-0.4, -0.2) is 20.9 Å². The van der Waals surface area contributed by atoms with E-state index < -0.39 is 11.1 Å². The molecule has 0 radical (unpaired) electrons. The maximum Gasteiger partial charge on any atom is 0.267 e. The molecule has 0 aliphatic carbocycles. The van der Waals surface area contributed by atoms with Gasteiger partial charge in [0.25, 0.3) is 11.1 Å². The molecule has 0 aliphatic rings. The highest BCUT2D eigenvalue weighted by Gasteiger charge is 2.06. The SMILES string of the molecule is Cn1cc(C(=O)Cl)cc1/C=C/C(=O)NO. The standard InChI is InChI=1S/C9H9ClN2O3/c1-12-5-6(9(10)14)4-7(12)2-3-8(13)11-15/h2-5,15H,1H3,(H,11,13)/b3-2+. The van der Waals surface area contributed by atoms with E-state index in [0.29, 0.717) is 11.3 Å². The molecule has 0 atom stereocenters. The molecule has 1 aromatic rings. The summed E-state index contributed by atoms with van der Waals surface area (Å²) in [5.74, 6) is -0.644. The number of hydroxylamine groups is 1. The van der Waals surface area contributed by atoms with E-state index in [-0.39, 0.29) is 0 Å². The summed E-state index contributed by atoms with van der Waals surface area (Å²) < 4.78 is 1.64. The second-order valence-electron chi connectivity index (χ2n) is 2.85. The van der Waals surface area contributed by atoms with Crippen LogP contribution in [0.3, 0.4) is 0 Å². The molecule has 80 valence electrons. The summed E-state index contributed by atoms with van der Waals surface area (Å²) in [5, 5.41) is 7.68. The van der Waals surface area contributed by atoms with E-state index in [9.17, 15) is 9.59 Å². The minimum atomic E-state index is -0.644. The van der Waals surface area contributed by atoms with Gasteiger partial charge in [-0.1, -0.05) is 0 Å². The van der Waals surface area contributed by atoms with Gasteiger partial charge in [0.2, 0.25) is 0 Å². The lowest BCUT2D eigenvalue weighted by molar-refractivity contribution is -0.124. The zero-order valence-electron chi connectivity index (χ0n) is 7.90. The molecule has 0 aromatic carbocycles. The fraction of sp³-hybridized carbons (Fsp3) is 0.111. The van der Waals surface area contributed by atoms with Gasteiger partial charge in [0.1, 0.15) is 0 Å². The lowest BCUT2D eigenvalue weighted by Gasteiger charge is -1.94. The van der Waals surface area contributed by atoms with Crippen LogP contribution in [0.4, 0.5) is 0 Å². The molecule has 15 heavy (non-hydrogen) atoms. The number of hydrogen-bond donors (Lipinski definition) is 2. The van der Waals surface area contributed by atoms with Crippen LogP contribution in [0.25, 0.3) is 6.08 Å². The van der Waals surface area contributed by atoms with Crippen molar-refractivity contribution in [1.29, 1.82) is 0 Å². The van der Waals surface area contributed by atoms with Crippen LogP contribution < -0.4 is 5.48 Å². The first-order chi connectivity index (χ1) is 7.04. The van der Waals surface area contributed by atoms with Gasteiger partial charge in [-0.05, 0) is 23.7 Å². The van der Waals surface area contributed by atoms with Crippen molar-refractivity contribution >= 4 is 28.8 Å². The van der Waals surface area contributed by atoms with Crippen LogP contribution in [0.15, 0.2) is 18.3 Å². The molecule has 0 aliphatic heterocycles. The predicted molar refractivity (Wildman–Crippen MR) is 54.6 cm³/mol. The highest BCUT2D eigenvalue weighted by molar-refractivity contribution is 6.67. The molecule has 2 N–H and O–H groups in total. The molecular formula is C9H9ClN2O3. The summed E-state index contributed by atoms with van der Waals surface area (Å²) in [7, 11) is 1.71. The zero-order valence-corrected chi connectivity index (χ0v) is 8.65. The fourth-order valence-corrected chi connectivity index (χ4v) is 1.16. The number of carbonyl (C=O) groups excluding carboxylic acids is 2. The fourth-order valence-electron chi connectivity index (χ4n) is 1.05. The lowest BCUT2D eigenvalue weighted by atomic mass is 10.3. The Morgan fingerprint density at radius 1 is 1.60 bits per heavy atom. The Hall–Kier alpha value is -1.59. The van der Waals surface area contributed by atoms with Gasteiger partial charge in [-0.15, -0.1) is 0 Å². The normalized spacial score (nSPS) is 10.6. The summed E-state index contributed by atoms with van der Waals surface area (Å²) in [6, 6.07) is 1.54. The highest BCUT2D eigenvalue weighted by Crippen LogP contribution is 2.11. The molecule has 1 aromatic heterocycles. The van der Waals surface area contributed by atoms with E-state index in [0.717, 1.165) is 6.08 Å². The van der Waals surface area contributed by atoms with Gasteiger partial charge in [0.05, 0.1) is 5.56 Å². The van der Waals surface area contributed by atoms with Crippen LogP contribution in [0, 0.1) is 0 Å². The van der Waals surface area contributed by atoms with Gasteiger partial charge in [-0.2, -0.15) is 0 Å². The quantitative estimate of drug-likeness (QED) is 0.350. The maximum absolute atomic E-state index is 10.8. The Balaban J connectivity index is 2.91. The molecule has 0 saturated heterocycles. The van der Waals surface area contributed by atoms with Crippen LogP contribution in [0.2, 0.25) is 0 Å². The smallest absolute Gasteiger partial charge is 0.267 e. The number of halogens is 1. The summed E-state index contributed by atoms with van der Waals surface area (Å²) in [5.41, 5.74) is 2.43. The van der Waals surface area contributed by atoms with Crippen LogP contribution in [0.5, 0.6) is 0 Å². The topological polar surface area (TPSA) is 71.3 Å². The van der Waals surface area contributed by atoms with Gasteiger partial charge in [0.15, 0.2) is 0 Å². The number of aromatic nitrogens is 1. The van der Waals surface area contributed by atoms with E-state index in [1.54, 1.807) is 17.8 Å². The third-order valence-electron chi connectivity index (χ3n) is 1.79. The first kappa shape index (κ1) is 11.5. The van der Waals surface area contributed by atoms with E-state index in [2.05, 4.69) is 0 Å². The van der Waals surface area contributed by atoms with E-state index >= 15 is 0 Å². The minimum Gasteiger partial charge on any atom is -0.350 e. The van der Waals surface area contributed by atoms with Crippen molar-refractivity contribution in [3.05, 3.63) is 29.6 Å². The third kappa shape index (κ3) is 2.93.